The van der Waals surface area contributed by atoms with E-state index in [0.29, 0.717) is 17.6 Å². The van der Waals surface area contributed by atoms with Gasteiger partial charge in [0.2, 0.25) is 0 Å². The molecular formula is C22H29NO4S. The number of nitrogens with one attached hydrogen (secondary N) is 1. The van der Waals surface area contributed by atoms with Crippen LogP contribution in [0, 0.1) is 18.8 Å². The van der Waals surface area contributed by atoms with Crippen molar-refractivity contribution in [2.45, 2.75) is 57.6 Å². The number of aryl methyl sites for hydroxylation is 1. The molecule has 0 bridgehead atoms. The molecule has 152 valence electrons. The van der Waals surface area contributed by atoms with Crippen LogP contribution in [0.5, 0.6) is 0 Å². The minimum Gasteiger partial charge on any atom is -0.455 e. The van der Waals surface area contributed by atoms with E-state index >= 15 is 0 Å². The van der Waals surface area contributed by atoms with Gasteiger partial charge in [0.1, 0.15) is 11.5 Å². The van der Waals surface area contributed by atoms with E-state index in [1.807, 2.05) is 31.2 Å². The van der Waals surface area contributed by atoms with Crippen molar-refractivity contribution in [1.29, 1.82) is 0 Å². The van der Waals surface area contributed by atoms with E-state index in [4.69, 9.17) is 4.42 Å². The SMILES string of the molecule is Cc1ccc(CS(=O)(=O)Cc2ccc(C(=O)N[C@@H]3CCC[C@@H](C)[C@@H]3C)o2)cc1. The van der Waals surface area contributed by atoms with Crippen LogP contribution in [0.1, 0.15) is 60.6 Å². The number of amides is 1. The summed E-state index contributed by atoms with van der Waals surface area (Å²) >= 11 is 0. The number of rotatable bonds is 6. The molecule has 5 nitrogen and oxygen atoms in total. The fourth-order valence-corrected chi connectivity index (χ4v) is 5.20. The number of benzene rings is 1. The average molecular weight is 404 g/mol. The standard InChI is InChI=1S/C22H29NO4S/c1-15-7-9-18(10-8-15)13-28(25,26)14-19-11-12-21(27-19)22(24)23-20-6-4-5-16(2)17(20)3/h7-12,16-17,20H,4-6,13-14H2,1-3H3,(H,23,24)/t16-,17+,20-/m1/s1. The molecule has 0 unspecified atom stereocenters. The van der Waals surface area contributed by atoms with Gasteiger partial charge in [0.05, 0.1) is 5.75 Å². The van der Waals surface area contributed by atoms with E-state index in [9.17, 15) is 13.2 Å². The van der Waals surface area contributed by atoms with Crippen LogP contribution in [0.25, 0.3) is 0 Å². The molecule has 0 radical (unpaired) electrons. The molecule has 6 heteroatoms. The van der Waals surface area contributed by atoms with Crippen LogP contribution in [0.15, 0.2) is 40.8 Å². The van der Waals surface area contributed by atoms with Gasteiger partial charge in [0, 0.05) is 6.04 Å². The van der Waals surface area contributed by atoms with Crippen LogP contribution in [-0.2, 0) is 21.3 Å². The predicted molar refractivity (Wildman–Crippen MR) is 110 cm³/mol. The highest BCUT2D eigenvalue weighted by Gasteiger charge is 2.29. The van der Waals surface area contributed by atoms with E-state index in [-0.39, 0.29) is 29.2 Å². The average Bonchev–Trinajstić information content (AvgIpc) is 3.08. The predicted octanol–water partition coefficient (Wildman–Crippen LogP) is 4.26. The molecule has 2 aromatic rings. The quantitative estimate of drug-likeness (QED) is 0.782. The molecule has 1 amide bonds. The second-order valence-electron chi connectivity index (χ2n) is 8.13. The van der Waals surface area contributed by atoms with Crippen molar-refractivity contribution in [1.82, 2.24) is 5.32 Å². The van der Waals surface area contributed by atoms with E-state index in [2.05, 4.69) is 19.2 Å². The van der Waals surface area contributed by atoms with Gasteiger partial charge in [0.25, 0.3) is 5.91 Å². The second kappa shape index (κ2) is 8.52. The van der Waals surface area contributed by atoms with Gasteiger partial charge in [-0.25, -0.2) is 8.42 Å². The van der Waals surface area contributed by atoms with Crippen LogP contribution < -0.4 is 5.32 Å². The first-order valence-corrected chi connectivity index (χ1v) is 11.7. The Balaban J connectivity index is 1.61. The summed E-state index contributed by atoms with van der Waals surface area (Å²) in [6, 6.07) is 10.7. The van der Waals surface area contributed by atoms with Crippen molar-refractivity contribution in [3.05, 3.63) is 59.0 Å². The van der Waals surface area contributed by atoms with Gasteiger partial charge in [-0.3, -0.25) is 4.79 Å². The molecule has 1 N–H and O–H groups in total. The largest absolute Gasteiger partial charge is 0.455 e. The minimum atomic E-state index is -3.38. The number of furan rings is 1. The Labute approximate surface area is 167 Å². The first-order chi connectivity index (χ1) is 13.2. The molecule has 3 rings (SSSR count). The summed E-state index contributed by atoms with van der Waals surface area (Å²) in [6.45, 7) is 6.34. The Kier molecular flexibility index (Phi) is 6.28. The van der Waals surface area contributed by atoms with Gasteiger partial charge in [-0.05, 0) is 42.9 Å². The monoisotopic (exact) mass is 403 g/mol. The lowest BCUT2D eigenvalue weighted by Gasteiger charge is -2.34. The summed E-state index contributed by atoms with van der Waals surface area (Å²) in [4.78, 5) is 12.5. The zero-order valence-corrected chi connectivity index (χ0v) is 17.6. The minimum absolute atomic E-state index is 0.0486. The van der Waals surface area contributed by atoms with Crippen LogP contribution in [-0.4, -0.2) is 20.4 Å². The first-order valence-electron chi connectivity index (χ1n) is 9.89. The molecule has 0 spiro atoms. The molecule has 1 aromatic carbocycles. The van der Waals surface area contributed by atoms with Crippen molar-refractivity contribution in [2.24, 2.45) is 11.8 Å². The van der Waals surface area contributed by atoms with Crippen LogP contribution in [0.3, 0.4) is 0 Å². The van der Waals surface area contributed by atoms with E-state index in [1.54, 1.807) is 12.1 Å². The zero-order chi connectivity index (χ0) is 20.3. The third-order valence-corrected chi connectivity index (χ3v) is 7.28. The molecule has 0 saturated heterocycles. The van der Waals surface area contributed by atoms with Crippen LogP contribution >= 0.6 is 0 Å². The fraction of sp³-hybridized carbons (Fsp3) is 0.500. The highest BCUT2D eigenvalue weighted by atomic mass is 32.2. The maximum atomic E-state index is 12.5. The van der Waals surface area contributed by atoms with Gasteiger partial charge < -0.3 is 9.73 Å². The van der Waals surface area contributed by atoms with E-state index in [0.717, 1.165) is 24.0 Å². The van der Waals surface area contributed by atoms with Gasteiger partial charge in [-0.15, -0.1) is 0 Å². The van der Waals surface area contributed by atoms with Gasteiger partial charge in [-0.1, -0.05) is 56.5 Å². The highest BCUT2D eigenvalue weighted by molar-refractivity contribution is 7.89. The second-order valence-corrected chi connectivity index (χ2v) is 10.2. The Bertz CT molecular complexity index is 914. The van der Waals surface area contributed by atoms with Crippen molar-refractivity contribution in [3.8, 4) is 0 Å². The molecule has 1 saturated carbocycles. The molecular weight excluding hydrogens is 374 g/mol. The number of hydrogen-bond acceptors (Lipinski definition) is 4. The summed E-state index contributed by atoms with van der Waals surface area (Å²) in [5.41, 5.74) is 1.83. The zero-order valence-electron chi connectivity index (χ0n) is 16.8. The first kappa shape index (κ1) is 20.6. The summed E-state index contributed by atoms with van der Waals surface area (Å²) in [5.74, 6) is 0.930. The molecule has 3 atom stereocenters. The third kappa shape index (κ3) is 5.25. The molecule has 1 aliphatic carbocycles. The fourth-order valence-electron chi connectivity index (χ4n) is 3.81. The third-order valence-electron chi connectivity index (χ3n) is 5.78. The Morgan fingerprint density at radius 3 is 2.50 bits per heavy atom. The number of sulfone groups is 1. The lowest BCUT2D eigenvalue weighted by atomic mass is 9.78. The Hall–Kier alpha value is -2.08. The molecule has 1 aliphatic rings. The molecule has 0 aliphatic heterocycles. The number of carbonyl (C=O) groups is 1. The number of hydrogen-bond donors (Lipinski definition) is 1. The molecule has 1 aromatic heterocycles. The number of carbonyl (C=O) groups excluding carboxylic acids is 1. The maximum absolute atomic E-state index is 12.5. The lowest BCUT2D eigenvalue weighted by Crippen LogP contribution is -2.43. The van der Waals surface area contributed by atoms with Crippen molar-refractivity contribution in [3.63, 3.8) is 0 Å². The van der Waals surface area contributed by atoms with Crippen molar-refractivity contribution >= 4 is 15.7 Å². The Morgan fingerprint density at radius 1 is 1.07 bits per heavy atom. The highest BCUT2D eigenvalue weighted by Crippen LogP contribution is 2.29. The summed E-state index contributed by atoms with van der Waals surface area (Å²) in [5, 5.41) is 3.05. The maximum Gasteiger partial charge on any atom is 0.287 e. The van der Waals surface area contributed by atoms with E-state index in [1.165, 1.54) is 6.42 Å². The Morgan fingerprint density at radius 2 is 1.79 bits per heavy atom. The van der Waals surface area contributed by atoms with Gasteiger partial charge in [0.15, 0.2) is 15.6 Å². The lowest BCUT2D eigenvalue weighted by molar-refractivity contribution is 0.0861. The van der Waals surface area contributed by atoms with Gasteiger partial charge in [-0.2, -0.15) is 0 Å². The van der Waals surface area contributed by atoms with Crippen LogP contribution in [0.2, 0.25) is 0 Å². The molecule has 1 heterocycles. The van der Waals surface area contributed by atoms with Gasteiger partial charge >= 0.3 is 0 Å². The summed E-state index contributed by atoms with van der Waals surface area (Å²) in [6.07, 6.45) is 3.27. The molecule has 28 heavy (non-hydrogen) atoms. The van der Waals surface area contributed by atoms with Crippen molar-refractivity contribution in [2.75, 3.05) is 0 Å². The van der Waals surface area contributed by atoms with E-state index < -0.39 is 9.84 Å². The van der Waals surface area contributed by atoms with Crippen molar-refractivity contribution < 1.29 is 17.6 Å². The normalized spacial score (nSPS) is 22.8. The summed E-state index contributed by atoms with van der Waals surface area (Å²) in [7, 11) is -3.38. The smallest absolute Gasteiger partial charge is 0.287 e. The molecule has 1 fully saturated rings. The summed E-state index contributed by atoms with van der Waals surface area (Å²) < 4.78 is 30.5. The van der Waals surface area contributed by atoms with Crippen LogP contribution in [0.4, 0.5) is 0 Å². The topological polar surface area (TPSA) is 76.4 Å².